The molecule has 2 nitrogen and oxygen atoms in total. The zero-order chi connectivity index (χ0) is 11.3. The fourth-order valence-corrected chi connectivity index (χ4v) is 2.34. The highest BCUT2D eigenvalue weighted by Gasteiger charge is 2.23. The van der Waals surface area contributed by atoms with Crippen molar-refractivity contribution in [1.82, 2.24) is 5.32 Å². The first kappa shape index (κ1) is 13.0. The van der Waals surface area contributed by atoms with Crippen molar-refractivity contribution >= 4 is 0 Å². The maximum absolute atomic E-state index is 9.83. The molecule has 0 spiro atoms. The maximum Gasteiger partial charge on any atom is 0.0693 e. The average Bonchev–Trinajstić information content (AvgIpc) is 2.18. The molecule has 15 heavy (non-hydrogen) atoms. The van der Waals surface area contributed by atoms with Gasteiger partial charge in [0.15, 0.2) is 0 Å². The van der Waals surface area contributed by atoms with Crippen molar-refractivity contribution in [2.45, 2.75) is 77.5 Å². The molecule has 0 heterocycles. The molecule has 0 saturated heterocycles. The molecule has 0 unspecified atom stereocenters. The normalized spacial score (nSPS) is 29.4. The first-order valence-electron chi connectivity index (χ1n) is 6.53. The molecule has 0 aromatic heterocycles. The van der Waals surface area contributed by atoms with E-state index >= 15 is 0 Å². The molecule has 3 atom stereocenters. The van der Waals surface area contributed by atoms with Crippen molar-refractivity contribution in [3.8, 4) is 0 Å². The first-order valence-corrected chi connectivity index (χ1v) is 6.53. The number of nitrogens with one attached hydrogen (secondary N) is 1. The van der Waals surface area contributed by atoms with Gasteiger partial charge in [-0.3, -0.25) is 0 Å². The van der Waals surface area contributed by atoms with E-state index in [0.29, 0.717) is 12.1 Å². The predicted octanol–water partition coefficient (Wildman–Crippen LogP) is 2.70. The zero-order valence-corrected chi connectivity index (χ0v) is 10.5. The van der Waals surface area contributed by atoms with E-state index in [-0.39, 0.29) is 6.10 Å². The molecule has 1 aliphatic carbocycles. The summed E-state index contributed by atoms with van der Waals surface area (Å²) in [6, 6.07) is 0.895. The number of rotatable bonds is 5. The van der Waals surface area contributed by atoms with E-state index in [1.807, 2.05) is 0 Å². The summed E-state index contributed by atoms with van der Waals surface area (Å²) in [4.78, 5) is 0. The van der Waals surface area contributed by atoms with Gasteiger partial charge in [-0.25, -0.2) is 0 Å². The third-order valence-electron chi connectivity index (χ3n) is 3.41. The fourth-order valence-electron chi connectivity index (χ4n) is 2.34. The van der Waals surface area contributed by atoms with Gasteiger partial charge < -0.3 is 10.4 Å². The van der Waals surface area contributed by atoms with E-state index in [0.717, 1.165) is 18.8 Å². The Morgan fingerprint density at radius 3 is 2.40 bits per heavy atom. The minimum absolute atomic E-state index is 0.111. The lowest BCUT2D eigenvalue weighted by atomic mass is 9.91. The minimum Gasteiger partial charge on any atom is -0.392 e. The highest BCUT2D eigenvalue weighted by Crippen LogP contribution is 2.19. The Morgan fingerprint density at radius 1 is 1.13 bits per heavy atom. The van der Waals surface area contributed by atoms with Crippen LogP contribution in [-0.4, -0.2) is 23.3 Å². The first-order chi connectivity index (χ1) is 7.09. The van der Waals surface area contributed by atoms with Crippen LogP contribution < -0.4 is 5.32 Å². The van der Waals surface area contributed by atoms with Gasteiger partial charge in [-0.1, -0.05) is 26.7 Å². The van der Waals surface area contributed by atoms with Gasteiger partial charge in [-0.05, 0) is 38.5 Å². The predicted molar refractivity (Wildman–Crippen MR) is 64.9 cm³/mol. The Morgan fingerprint density at radius 2 is 1.80 bits per heavy atom. The molecule has 0 radical (unpaired) electrons. The molecule has 1 fully saturated rings. The summed E-state index contributed by atoms with van der Waals surface area (Å²) in [6.07, 6.45) is 6.98. The van der Waals surface area contributed by atoms with Crippen LogP contribution in [0.4, 0.5) is 0 Å². The van der Waals surface area contributed by atoms with Crippen molar-refractivity contribution in [2.24, 2.45) is 5.92 Å². The third kappa shape index (κ3) is 4.98. The molecule has 2 heteroatoms. The van der Waals surface area contributed by atoms with Crippen LogP contribution in [0.1, 0.15) is 59.3 Å². The van der Waals surface area contributed by atoms with Gasteiger partial charge in [-0.15, -0.1) is 0 Å². The maximum atomic E-state index is 9.83. The molecule has 0 aromatic carbocycles. The summed E-state index contributed by atoms with van der Waals surface area (Å²) < 4.78 is 0. The second-order valence-electron chi connectivity index (χ2n) is 5.50. The number of aliphatic hydroxyl groups excluding tert-OH is 1. The molecule has 0 amide bonds. The molecule has 0 aromatic rings. The smallest absolute Gasteiger partial charge is 0.0693 e. The Balaban J connectivity index is 2.20. The van der Waals surface area contributed by atoms with Crippen molar-refractivity contribution in [2.75, 3.05) is 0 Å². The van der Waals surface area contributed by atoms with Crippen LogP contribution in [-0.2, 0) is 0 Å². The minimum atomic E-state index is -0.111. The van der Waals surface area contributed by atoms with Gasteiger partial charge in [0.05, 0.1) is 6.10 Å². The highest BCUT2D eigenvalue weighted by molar-refractivity contribution is 4.82. The third-order valence-corrected chi connectivity index (χ3v) is 3.41. The molecule has 1 aliphatic rings. The van der Waals surface area contributed by atoms with Crippen LogP contribution in [0.5, 0.6) is 0 Å². The van der Waals surface area contributed by atoms with Gasteiger partial charge in [0.2, 0.25) is 0 Å². The molecule has 1 rings (SSSR count). The Kier molecular flexibility index (Phi) is 5.62. The van der Waals surface area contributed by atoms with E-state index in [4.69, 9.17) is 0 Å². The van der Waals surface area contributed by atoms with Gasteiger partial charge in [0, 0.05) is 12.1 Å². The lowest BCUT2D eigenvalue weighted by molar-refractivity contribution is 0.0850. The fraction of sp³-hybridized carbons (Fsp3) is 1.00. The standard InChI is InChI=1S/C13H27NO/c1-10(2)8-9-11(3)14-12-6-4-5-7-13(12)15/h10-15H,4-9H2,1-3H3/t11-,12-,13+/m1/s1. The van der Waals surface area contributed by atoms with Gasteiger partial charge >= 0.3 is 0 Å². The Hall–Kier alpha value is -0.0800. The molecular weight excluding hydrogens is 186 g/mol. The van der Waals surface area contributed by atoms with E-state index in [1.54, 1.807) is 0 Å². The van der Waals surface area contributed by atoms with E-state index in [2.05, 4.69) is 26.1 Å². The summed E-state index contributed by atoms with van der Waals surface area (Å²) >= 11 is 0. The summed E-state index contributed by atoms with van der Waals surface area (Å²) in [5.41, 5.74) is 0. The molecule has 0 aliphatic heterocycles. The summed E-state index contributed by atoms with van der Waals surface area (Å²) in [5.74, 6) is 0.783. The van der Waals surface area contributed by atoms with Gasteiger partial charge in [-0.2, -0.15) is 0 Å². The largest absolute Gasteiger partial charge is 0.392 e. The highest BCUT2D eigenvalue weighted by atomic mass is 16.3. The van der Waals surface area contributed by atoms with Crippen molar-refractivity contribution in [1.29, 1.82) is 0 Å². The van der Waals surface area contributed by atoms with Crippen LogP contribution in [0.25, 0.3) is 0 Å². The topological polar surface area (TPSA) is 32.3 Å². The van der Waals surface area contributed by atoms with E-state index in [1.165, 1.54) is 25.7 Å². The molecular formula is C13H27NO. The SMILES string of the molecule is CC(C)CC[C@@H](C)N[C@@H]1CCCC[C@@H]1O. The second-order valence-corrected chi connectivity index (χ2v) is 5.50. The van der Waals surface area contributed by atoms with Crippen LogP contribution >= 0.6 is 0 Å². The number of hydrogen-bond donors (Lipinski definition) is 2. The lowest BCUT2D eigenvalue weighted by Crippen LogP contribution is -2.46. The van der Waals surface area contributed by atoms with E-state index < -0.39 is 0 Å². The molecule has 90 valence electrons. The average molecular weight is 213 g/mol. The van der Waals surface area contributed by atoms with Crippen molar-refractivity contribution in [3.05, 3.63) is 0 Å². The van der Waals surface area contributed by atoms with E-state index in [9.17, 15) is 5.11 Å². The molecule has 1 saturated carbocycles. The summed E-state index contributed by atoms with van der Waals surface area (Å²) in [6.45, 7) is 6.77. The monoisotopic (exact) mass is 213 g/mol. The number of aliphatic hydroxyl groups is 1. The van der Waals surface area contributed by atoms with Crippen LogP contribution in [0.15, 0.2) is 0 Å². The Labute approximate surface area is 94.5 Å². The zero-order valence-electron chi connectivity index (χ0n) is 10.5. The number of hydrogen-bond acceptors (Lipinski definition) is 2. The quantitative estimate of drug-likeness (QED) is 0.736. The lowest BCUT2D eigenvalue weighted by Gasteiger charge is -2.31. The van der Waals surface area contributed by atoms with Gasteiger partial charge in [0.1, 0.15) is 0 Å². The van der Waals surface area contributed by atoms with Crippen LogP contribution in [0.3, 0.4) is 0 Å². The molecule has 0 bridgehead atoms. The molecule has 2 N–H and O–H groups in total. The second kappa shape index (κ2) is 6.49. The summed E-state index contributed by atoms with van der Waals surface area (Å²) in [5, 5.41) is 13.4. The summed E-state index contributed by atoms with van der Waals surface area (Å²) in [7, 11) is 0. The van der Waals surface area contributed by atoms with Crippen LogP contribution in [0.2, 0.25) is 0 Å². The van der Waals surface area contributed by atoms with Crippen molar-refractivity contribution < 1.29 is 5.11 Å². The van der Waals surface area contributed by atoms with Crippen LogP contribution in [0, 0.1) is 5.92 Å². The van der Waals surface area contributed by atoms with Gasteiger partial charge in [0.25, 0.3) is 0 Å². The Bertz CT molecular complexity index is 170. The van der Waals surface area contributed by atoms with Crippen molar-refractivity contribution in [3.63, 3.8) is 0 Å².